The number of aromatic nitrogens is 2. The van der Waals surface area contributed by atoms with Gasteiger partial charge in [0.2, 0.25) is 0 Å². The van der Waals surface area contributed by atoms with Crippen LogP contribution in [0.5, 0.6) is 0 Å². The Morgan fingerprint density at radius 2 is 2.04 bits per heavy atom. The van der Waals surface area contributed by atoms with Gasteiger partial charge in [-0.05, 0) is 38.3 Å². The quantitative estimate of drug-likeness (QED) is 0.947. The molecule has 0 saturated carbocycles. The molecule has 3 fully saturated rings. The average molecular weight is 308 g/mol. The molecule has 0 amide bonds. The van der Waals surface area contributed by atoms with Crippen LogP contribution in [0.1, 0.15) is 30.3 Å². The zero-order chi connectivity index (χ0) is 15.8. The molecule has 2 bridgehead atoms. The van der Waals surface area contributed by atoms with E-state index in [9.17, 15) is 0 Å². The normalized spacial score (nSPS) is 29.7. The summed E-state index contributed by atoms with van der Waals surface area (Å²) in [5, 5.41) is 0. The van der Waals surface area contributed by atoms with E-state index in [2.05, 4.69) is 40.2 Å². The first kappa shape index (κ1) is 14.8. The lowest BCUT2D eigenvalue weighted by Gasteiger charge is -2.49. The molecule has 3 saturated heterocycles. The molecule has 4 atom stereocenters. The largest absolute Gasteiger partial charge is 0.329 e. The van der Waals surface area contributed by atoms with Crippen LogP contribution < -0.4 is 5.73 Å². The van der Waals surface area contributed by atoms with Gasteiger partial charge in [0.1, 0.15) is 5.82 Å². The number of hydrogen-bond donors (Lipinski definition) is 1. The van der Waals surface area contributed by atoms with Gasteiger partial charge in [0.15, 0.2) is 0 Å². The molecule has 3 aliphatic rings. The second-order valence-electron chi connectivity index (χ2n) is 6.87. The second-order valence-corrected chi connectivity index (χ2v) is 6.87. The van der Waals surface area contributed by atoms with E-state index in [4.69, 9.17) is 10.7 Å². The fraction of sp³-hybridized carbons (Fsp3) is 0.474. The Balaban J connectivity index is 1.66. The lowest BCUT2D eigenvalue weighted by Crippen LogP contribution is -2.55. The molecule has 5 rings (SSSR count). The number of rotatable bonds is 3. The SMILES string of the molecule is Cc1nc(-c2ccccc2)cc([C@@H]2CN3CC[C@H]2C[C@@H]3CN)n1. The number of fused-ring (bicyclic) bond motifs is 3. The van der Waals surface area contributed by atoms with Gasteiger partial charge in [-0.2, -0.15) is 0 Å². The summed E-state index contributed by atoms with van der Waals surface area (Å²) in [4.78, 5) is 12.0. The van der Waals surface area contributed by atoms with Crippen molar-refractivity contribution in [3.63, 3.8) is 0 Å². The summed E-state index contributed by atoms with van der Waals surface area (Å²) < 4.78 is 0. The van der Waals surface area contributed by atoms with Gasteiger partial charge in [-0.3, -0.25) is 4.90 Å². The lowest BCUT2D eigenvalue weighted by atomic mass is 9.74. The molecule has 1 aromatic carbocycles. The Bertz CT molecular complexity index is 685. The van der Waals surface area contributed by atoms with E-state index in [1.54, 1.807) is 0 Å². The zero-order valence-corrected chi connectivity index (χ0v) is 13.7. The minimum absolute atomic E-state index is 0.524. The van der Waals surface area contributed by atoms with Crippen LogP contribution in [0.3, 0.4) is 0 Å². The maximum atomic E-state index is 5.93. The van der Waals surface area contributed by atoms with Crippen molar-refractivity contribution in [3.8, 4) is 11.3 Å². The molecule has 2 aromatic rings. The highest BCUT2D eigenvalue weighted by molar-refractivity contribution is 5.59. The van der Waals surface area contributed by atoms with Gasteiger partial charge in [-0.1, -0.05) is 30.3 Å². The molecule has 0 spiro atoms. The monoisotopic (exact) mass is 308 g/mol. The summed E-state index contributed by atoms with van der Waals surface area (Å²) in [7, 11) is 0. The van der Waals surface area contributed by atoms with E-state index in [1.807, 2.05) is 13.0 Å². The standard InChI is InChI=1S/C19H24N4/c1-13-21-18(14-5-3-2-4-6-14)10-19(22-13)17-12-23-8-7-15(17)9-16(23)11-20/h2-6,10,15-17H,7-9,11-12,20H2,1H3/t15-,16+,17+/m0/s1. The summed E-state index contributed by atoms with van der Waals surface area (Å²) in [5.41, 5.74) is 9.35. The Morgan fingerprint density at radius 1 is 1.22 bits per heavy atom. The van der Waals surface area contributed by atoms with Crippen LogP contribution in [0.2, 0.25) is 0 Å². The molecule has 120 valence electrons. The van der Waals surface area contributed by atoms with Gasteiger partial charge in [-0.25, -0.2) is 9.97 Å². The van der Waals surface area contributed by atoms with Crippen molar-refractivity contribution < 1.29 is 0 Å². The van der Waals surface area contributed by atoms with Gasteiger partial charge >= 0.3 is 0 Å². The van der Waals surface area contributed by atoms with Crippen molar-refractivity contribution in [2.24, 2.45) is 11.7 Å². The van der Waals surface area contributed by atoms with E-state index in [1.165, 1.54) is 30.6 Å². The minimum Gasteiger partial charge on any atom is -0.329 e. The lowest BCUT2D eigenvalue weighted by molar-refractivity contribution is 0.0333. The van der Waals surface area contributed by atoms with E-state index < -0.39 is 0 Å². The van der Waals surface area contributed by atoms with E-state index in [0.717, 1.165) is 24.6 Å². The third kappa shape index (κ3) is 2.77. The number of aryl methyl sites for hydroxylation is 1. The maximum absolute atomic E-state index is 5.93. The van der Waals surface area contributed by atoms with Crippen molar-refractivity contribution in [1.82, 2.24) is 14.9 Å². The van der Waals surface area contributed by atoms with Crippen LogP contribution in [0.15, 0.2) is 36.4 Å². The van der Waals surface area contributed by atoms with Crippen molar-refractivity contribution in [3.05, 3.63) is 47.9 Å². The van der Waals surface area contributed by atoms with Crippen LogP contribution in [0.4, 0.5) is 0 Å². The molecule has 0 radical (unpaired) electrons. The summed E-state index contributed by atoms with van der Waals surface area (Å²) in [5.74, 6) is 2.11. The molecule has 23 heavy (non-hydrogen) atoms. The van der Waals surface area contributed by atoms with E-state index in [0.29, 0.717) is 17.9 Å². The van der Waals surface area contributed by atoms with Crippen LogP contribution >= 0.6 is 0 Å². The number of hydrogen-bond acceptors (Lipinski definition) is 4. The molecule has 4 heterocycles. The molecule has 4 nitrogen and oxygen atoms in total. The first-order valence-electron chi connectivity index (χ1n) is 8.59. The summed E-state index contributed by atoms with van der Waals surface area (Å²) in [6.45, 7) is 5.07. The zero-order valence-electron chi connectivity index (χ0n) is 13.7. The van der Waals surface area contributed by atoms with Gasteiger partial charge in [-0.15, -0.1) is 0 Å². The molecule has 2 N–H and O–H groups in total. The molecular weight excluding hydrogens is 284 g/mol. The Kier molecular flexibility index (Phi) is 3.87. The molecule has 1 unspecified atom stereocenters. The van der Waals surface area contributed by atoms with Gasteiger partial charge in [0.25, 0.3) is 0 Å². The Hall–Kier alpha value is -1.78. The average Bonchev–Trinajstić information content (AvgIpc) is 2.62. The highest BCUT2D eigenvalue weighted by Crippen LogP contribution is 2.41. The number of benzene rings is 1. The summed E-state index contributed by atoms with van der Waals surface area (Å²) in [6, 6.07) is 13.2. The number of piperidine rings is 3. The Morgan fingerprint density at radius 3 is 2.74 bits per heavy atom. The maximum Gasteiger partial charge on any atom is 0.126 e. The molecule has 3 aliphatic heterocycles. The van der Waals surface area contributed by atoms with Crippen molar-refractivity contribution in [1.29, 1.82) is 0 Å². The van der Waals surface area contributed by atoms with Crippen molar-refractivity contribution in [2.45, 2.75) is 31.7 Å². The van der Waals surface area contributed by atoms with Gasteiger partial charge in [0.05, 0.1) is 5.69 Å². The summed E-state index contributed by atoms with van der Waals surface area (Å²) in [6.07, 6.45) is 2.48. The second kappa shape index (κ2) is 6.02. The first-order chi connectivity index (χ1) is 11.2. The topological polar surface area (TPSA) is 55.0 Å². The minimum atomic E-state index is 0.524. The third-order valence-electron chi connectivity index (χ3n) is 5.46. The fourth-order valence-corrected chi connectivity index (χ4v) is 4.26. The molecular formula is C19H24N4. The van der Waals surface area contributed by atoms with Crippen molar-refractivity contribution >= 4 is 0 Å². The highest BCUT2D eigenvalue weighted by Gasteiger charge is 2.40. The van der Waals surface area contributed by atoms with E-state index >= 15 is 0 Å². The first-order valence-corrected chi connectivity index (χ1v) is 8.59. The summed E-state index contributed by atoms with van der Waals surface area (Å²) >= 11 is 0. The predicted octanol–water partition coefficient (Wildman–Crippen LogP) is 2.59. The van der Waals surface area contributed by atoms with Crippen LogP contribution in [-0.4, -0.2) is 40.5 Å². The Labute approximate surface area is 137 Å². The third-order valence-corrected chi connectivity index (χ3v) is 5.46. The van der Waals surface area contributed by atoms with Gasteiger partial charge < -0.3 is 5.73 Å². The number of nitrogens with two attached hydrogens (primary N) is 1. The van der Waals surface area contributed by atoms with Crippen molar-refractivity contribution in [2.75, 3.05) is 19.6 Å². The number of nitrogens with zero attached hydrogens (tertiary/aromatic N) is 3. The fourth-order valence-electron chi connectivity index (χ4n) is 4.26. The smallest absolute Gasteiger partial charge is 0.126 e. The molecule has 4 heteroatoms. The predicted molar refractivity (Wildman–Crippen MR) is 92.1 cm³/mol. The van der Waals surface area contributed by atoms with Gasteiger partial charge in [0, 0.05) is 36.3 Å². The van der Waals surface area contributed by atoms with Crippen LogP contribution in [-0.2, 0) is 0 Å². The van der Waals surface area contributed by atoms with Crippen LogP contribution in [0.25, 0.3) is 11.3 Å². The molecule has 1 aromatic heterocycles. The van der Waals surface area contributed by atoms with Crippen LogP contribution in [0, 0.1) is 12.8 Å². The molecule has 0 aliphatic carbocycles. The highest BCUT2D eigenvalue weighted by atomic mass is 15.2. The van der Waals surface area contributed by atoms with E-state index in [-0.39, 0.29) is 0 Å².